The van der Waals surface area contributed by atoms with Crippen LogP contribution in [0.1, 0.15) is 10.5 Å². The van der Waals surface area contributed by atoms with Crippen molar-refractivity contribution in [1.82, 2.24) is 4.98 Å². The second-order valence-corrected chi connectivity index (χ2v) is 4.40. The number of hydrogen-bond donors (Lipinski definition) is 2. The average molecular weight is 311 g/mol. The molecule has 0 fully saturated rings. The Morgan fingerprint density at radius 3 is 2.72 bits per heavy atom. The van der Waals surface area contributed by atoms with Crippen molar-refractivity contribution in [1.29, 1.82) is 0 Å². The molecular formula is C12H8BrFN2O2. The van der Waals surface area contributed by atoms with E-state index in [0.29, 0.717) is 5.69 Å². The molecule has 0 spiro atoms. The number of aromatic carboxylic acids is 1. The van der Waals surface area contributed by atoms with E-state index in [-0.39, 0.29) is 11.4 Å². The molecule has 4 nitrogen and oxygen atoms in total. The van der Waals surface area contributed by atoms with Crippen molar-refractivity contribution in [3.63, 3.8) is 0 Å². The van der Waals surface area contributed by atoms with Gasteiger partial charge in [0.2, 0.25) is 0 Å². The Kier molecular flexibility index (Phi) is 3.57. The number of rotatable bonds is 3. The van der Waals surface area contributed by atoms with Gasteiger partial charge in [0.1, 0.15) is 11.5 Å². The van der Waals surface area contributed by atoms with Gasteiger partial charge in [0.25, 0.3) is 0 Å². The molecule has 0 aliphatic carbocycles. The topological polar surface area (TPSA) is 62.2 Å². The molecule has 2 aromatic rings. The van der Waals surface area contributed by atoms with Crippen LogP contribution in [0.4, 0.5) is 15.8 Å². The maximum Gasteiger partial charge on any atom is 0.354 e. The summed E-state index contributed by atoms with van der Waals surface area (Å²) < 4.78 is 14.2. The Bertz CT molecular complexity index is 587. The smallest absolute Gasteiger partial charge is 0.354 e. The van der Waals surface area contributed by atoms with Crippen LogP contribution in [0.2, 0.25) is 0 Å². The van der Waals surface area contributed by atoms with Crippen LogP contribution in [0.5, 0.6) is 0 Å². The van der Waals surface area contributed by atoms with Crippen LogP contribution in [0.15, 0.2) is 41.0 Å². The monoisotopic (exact) mass is 310 g/mol. The van der Waals surface area contributed by atoms with Crippen LogP contribution in [-0.4, -0.2) is 16.1 Å². The Morgan fingerprint density at radius 1 is 1.33 bits per heavy atom. The van der Waals surface area contributed by atoms with Gasteiger partial charge in [-0.1, -0.05) is 15.9 Å². The first-order valence-corrected chi connectivity index (χ1v) is 5.77. The highest BCUT2D eigenvalue weighted by atomic mass is 79.9. The molecule has 0 aliphatic heterocycles. The molecule has 0 aliphatic rings. The van der Waals surface area contributed by atoms with E-state index in [0.717, 1.165) is 4.47 Å². The van der Waals surface area contributed by atoms with E-state index >= 15 is 0 Å². The lowest BCUT2D eigenvalue weighted by Gasteiger charge is -2.07. The molecule has 2 rings (SSSR count). The highest BCUT2D eigenvalue weighted by molar-refractivity contribution is 9.10. The third-order valence-electron chi connectivity index (χ3n) is 2.19. The molecule has 2 N–H and O–H groups in total. The molecule has 0 amide bonds. The van der Waals surface area contributed by atoms with Crippen LogP contribution >= 0.6 is 15.9 Å². The fourth-order valence-corrected chi connectivity index (χ4v) is 1.70. The Labute approximate surface area is 111 Å². The summed E-state index contributed by atoms with van der Waals surface area (Å²) in [6.07, 6.45) is 1.34. The first kappa shape index (κ1) is 12.5. The van der Waals surface area contributed by atoms with E-state index in [2.05, 4.69) is 26.2 Å². The molecular weight excluding hydrogens is 303 g/mol. The number of benzene rings is 1. The number of nitrogens with one attached hydrogen (secondary N) is 1. The molecule has 1 heterocycles. The summed E-state index contributed by atoms with van der Waals surface area (Å²) in [7, 11) is 0. The van der Waals surface area contributed by atoms with Crippen molar-refractivity contribution >= 4 is 33.3 Å². The predicted molar refractivity (Wildman–Crippen MR) is 68.6 cm³/mol. The maximum absolute atomic E-state index is 13.5. The van der Waals surface area contributed by atoms with Gasteiger partial charge in [-0.25, -0.2) is 14.2 Å². The molecule has 92 valence electrons. The van der Waals surface area contributed by atoms with Crippen molar-refractivity contribution < 1.29 is 14.3 Å². The largest absolute Gasteiger partial charge is 0.477 e. The SMILES string of the molecule is O=C(O)c1ccc(Nc2cc(Br)ccc2F)cn1. The summed E-state index contributed by atoms with van der Waals surface area (Å²) in [6.45, 7) is 0. The molecule has 18 heavy (non-hydrogen) atoms. The van der Waals surface area contributed by atoms with Crippen molar-refractivity contribution in [2.75, 3.05) is 5.32 Å². The molecule has 0 saturated carbocycles. The number of pyridine rings is 1. The molecule has 0 saturated heterocycles. The predicted octanol–water partition coefficient (Wildman–Crippen LogP) is 3.43. The summed E-state index contributed by atoms with van der Waals surface area (Å²) in [5.74, 6) is -1.50. The summed E-state index contributed by atoms with van der Waals surface area (Å²) >= 11 is 3.24. The van der Waals surface area contributed by atoms with Crippen molar-refractivity contribution in [3.05, 3.63) is 52.5 Å². The maximum atomic E-state index is 13.5. The minimum absolute atomic E-state index is 0.0599. The van der Waals surface area contributed by atoms with E-state index in [1.54, 1.807) is 12.1 Å². The molecule has 1 aromatic carbocycles. The third-order valence-corrected chi connectivity index (χ3v) is 2.68. The Hall–Kier alpha value is -1.95. The van der Waals surface area contributed by atoms with E-state index in [9.17, 15) is 9.18 Å². The lowest BCUT2D eigenvalue weighted by atomic mass is 10.3. The number of carboxylic acid groups (broad SMARTS) is 1. The standard InChI is InChI=1S/C12H8BrFN2O2/c13-7-1-3-9(14)11(5-7)16-8-2-4-10(12(17)18)15-6-8/h1-6,16H,(H,17,18). The molecule has 0 radical (unpaired) electrons. The molecule has 6 heteroatoms. The van der Waals surface area contributed by atoms with Crippen LogP contribution in [-0.2, 0) is 0 Å². The van der Waals surface area contributed by atoms with Gasteiger partial charge in [-0.15, -0.1) is 0 Å². The molecule has 1 aromatic heterocycles. The molecule has 0 bridgehead atoms. The average Bonchev–Trinajstić information content (AvgIpc) is 2.34. The van der Waals surface area contributed by atoms with Crippen LogP contribution in [0, 0.1) is 5.82 Å². The Morgan fingerprint density at radius 2 is 2.11 bits per heavy atom. The molecule has 0 unspecified atom stereocenters. The van der Waals surface area contributed by atoms with E-state index in [1.165, 1.54) is 24.4 Å². The summed E-state index contributed by atoms with van der Waals surface area (Å²) in [6, 6.07) is 7.37. The first-order chi connectivity index (χ1) is 8.56. The number of nitrogens with zero attached hydrogens (tertiary/aromatic N) is 1. The normalized spacial score (nSPS) is 10.1. The fraction of sp³-hybridized carbons (Fsp3) is 0. The minimum Gasteiger partial charge on any atom is -0.477 e. The van der Waals surface area contributed by atoms with Gasteiger partial charge < -0.3 is 10.4 Å². The number of aromatic nitrogens is 1. The second-order valence-electron chi connectivity index (χ2n) is 3.49. The zero-order valence-electron chi connectivity index (χ0n) is 9.02. The van der Waals surface area contributed by atoms with Gasteiger partial charge >= 0.3 is 5.97 Å². The van der Waals surface area contributed by atoms with Crippen molar-refractivity contribution in [2.24, 2.45) is 0 Å². The van der Waals surface area contributed by atoms with Crippen LogP contribution in [0.3, 0.4) is 0 Å². The zero-order valence-corrected chi connectivity index (χ0v) is 10.6. The van der Waals surface area contributed by atoms with Gasteiger partial charge in [0.05, 0.1) is 17.6 Å². The van der Waals surface area contributed by atoms with Gasteiger partial charge in [-0.05, 0) is 30.3 Å². The summed E-state index contributed by atoms with van der Waals surface area (Å²) in [5, 5.41) is 11.5. The van der Waals surface area contributed by atoms with Gasteiger partial charge in [0, 0.05) is 4.47 Å². The quantitative estimate of drug-likeness (QED) is 0.911. The summed E-state index contributed by atoms with van der Waals surface area (Å²) in [5.41, 5.74) is 0.738. The number of carbonyl (C=O) groups is 1. The van der Waals surface area contributed by atoms with Crippen molar-refractivity contribution in [3.8, 4) is 0 Å². The van der Waals surface area contributed by atoms with Gasteiger partial charge in [-0.2, -0.15) is 0 Å². The van der Waals surface area contributed by atoms with Crippen LogP contribution in [0.25, 0.3) is 0 Å². The Balaban J connectivity index is 2.23. The number of carboxylic acids is 1. The molecule has 0 atom stereocenters. The number of halogens is 2. The lowest BCUT2D eigenvalue weighted by molar-refractivity contribution is 0.0690. The third kappa shape index (κ3) is 2.84. The fourth-order valence-electron chi connectivity index (χ4n) is 1.34. The highest BCUT2D eigenvalue weighted by Crippen LogP contribution is 2.23. The lowest BCUT2D eigenvalue weighted by Crippen LogP contribution is -2.01. The summed E-state index contributed by atoms with van der Waals surface area (Å²) in [4.78, 5) is 14.4. The van der Waals surface area contributed by atoms with Crippen LogP contribution < -0.4 is 5.32 Å². The first-order valence-electron chi connectivity index (χ1n) is 4.97. The number of hydrogen-bond acceptors (Lipinski definition) is 3. The minimum atomic E-state index is -1.10. The zero-order chi connectivity index (χ0) is 13.1. The number of anilines is 2. The van der Waals surface area contributed by atoms with E-state index in [4.69, 9.17) is 5.11 Å². The van der Waals surface area contributed by atoms with Gasteiger partial charge in [0.15, 0.2) is 0 Å². The van der Waals surface area contributed by atoms with E-state index < -0.39 is 11.8 Å². The van der Waals surface area contributed by atoms with E-state index in [1.807, 2.05) is 0 Å². The second kappa shape index (κ2) is 5.14. The van der Waals surface area contributed by atoms with Gasteiger partial charge in [-0.3, -0.25) is 0 Å². The van der Waals surface area contributed by atoms with Crippen molar-refractivity contribution in [2.45, 2.75) is 0 Å². The highest BCUT2D eigenvalue weighted by Gasteiger charge is 2.06.